The van der Waals surface area contributed by atoms with Gasteiger partial charge in [-0.2, -0.15) is 0 Å². The van der Waals surface area contributed by atoms with Crippen LogP contribution in [0.1, 0.15) is 25.3 Å². The highest BCUT2D eigenvalue weighted by Crippen LogP contribution is 2.23. The van der Waals surface area contributed by atoms with Crippen LogP contribution in [0.5, 0.6) is 0 Å². The first-order valence-corrected chi connectivity index (χ1v) is 14.1. The number of hydrogen-bond acceptors (Lipinski definition) is 8. The van der Waals surface area contributed by atoms with Crippen molar-refractivity contribution >= 4 is 40.2 Å². The Labute approximate surface area is 245 Å². The van der Waals surface area contributed by atoms with Crippen LogP contribution in [-0.2, 0) is 30.5 Å². The molecular formula is C31H38N6O5. The van der Waals surface area contributed by atoms with Crippen LogP contribution >= 0.6 is 0 Å². The van der Waals surface area contributed by atoms with Crippen molar-refractivity contribution in [3.8, 4) is 0 Å². The molecule has 3 N–H and O–H groups in total. The number of esters is 1. The molecule has 11 heteroatoms. The Bertz CT molecular complexity index is 1380. The van der Waals surface area contributed by atoms with Crippen LogP contribution in [0.25, 0.3) is 10.8 Å². The fourth-order valence-electron chi connectivity index (χ4n) is 5.28. The van der Waals surface area contributed by atoms with Crippen molar-refractivity contribution in [2.75, 3.05) is 45.2 Å². The number of pyridine rings is 1. The van der Waals surface area contributed by atoms with Crippen LogP contribution in [-0.4, -0.2) is 90.4 Å². The zero-order chi connectivity index (χ0) is 29.9. The minimum atomic E-state index is -1.02. The summed E-state index contributed by atoms with van der Waals surface area (Å²) in [4.78, 5) is 58.1. The minimum absolute atomic E-state index is 0.00932. The lowest BCUT2D eigenvalue weighted by Gasteiger charge is -2.31. The number of aromatic nitrogens is 1. The number of ether oxygens (including phenoxy) is 1. The van der Waals surface area contributed by atoms with Crippen LogP contribution in [0.2, 0.25) is 0 Å². The number of amides is 3. The molecule has 1 aliphatic rings. The third-order valence-corrected chi connectivity index (χ3v) is 7.31. The predicted octanol–water partition coefficient (Wildman–Crippen LogP) is 1.93. The molecule has 42 heavy (non-hydrogen) atoms. The van der Waals surface area contributed by atoms with Crippen molar-refractivity contribution in [3.05, 3.63) is 72.6 Å². The van der Waals surface area contributed by atoms with Gasteiger partial charge in [0.2, 0.25) is 17.7 Å². The molecule has 11 nitrogen and oxygen atoms in total. The van der Waals surface area contributed by atoms with E-state index in [9.17, 15) is 19.2 Å². The van der Waals surface area contributed by atoms with Crippen molar-refractivity contribution < 1.29 is 23.9 Å². The maximum atomic E-state index is 13.3. The number of anilines is 1. The number of nitrogens with one attached hydrogen (secondary N) is 3. The Hall–Kier alpha value is -4.51. The van der Waals surface area contributed by atoms with E-state index in [4.69, 9.17) is 4.74 Å². The Balaban J connectivity index is 1.49. The molecule has 4 rings (SSSR count). The van der Waals surface area contributed by atoms with Crippen molar-refractivity contribution in [2.45, 2.75) is 38.4 Å². The molecule has 2 atom stereocenters. The maximum Gasteiger partial charge on any atom is 0.330 e. The van der Waals surface area contributed by atoms with Crippen LogP contribution in [0, 0.1) is 0 Å². The first-order chi connectivity index (χ1) is 20.3. The summed E-state index contributed by atoms with van der Waals surface area (Å²) in [6, 6.07) is 16.7. The molecule has 222 valence electrons. The van der Waals surface area contributed by atoms with Gasteiger partial charge in [-0.1, -0.05) is 42.5 Å². The summed E-state index contributed by atoms with van der Waals surface area (Å²) < 4.78 is 4.83. The van der Waals surface area contributed by atoms with Gasteiger partial charge < -0.3 is 25.6 Å². The number of likely N-dealkylation sites (tertiary alicyclic amines) is 1. The largest absolute Gasteiger partial charge is 0.467 e. The first kappa shape index (κ1) is 30.4. The maximum absolute atomic E-state index is 13.3. The zero-order valence-electron chi connectivity index (χ0n) is 24.0. The molecule has 3 aromatic rings. The van der Waals surface area contributed by atoms with Gasteiger partial charge in [-0.15, -0.1) is 0 Å². The molecule has 0 saturated carbocycles. The van der Waals surface area contributed by atoms with E-state index in [1.807, 2.05) is 58.3 Å². The average molecular weight is 575 g/mol. The topological polar surface area (TPSA) is 133 Å². The second-order valence-corrected chi connectivity index (χ2v) is 10.4. The number of benzene rings is 2. The molecule has 2 heterocycles. The molecule has 0 bridgehead atoms. The van der Waals surface area contributed by atoms with Gasteiger partial charge in [0.05, 0.1) is 20.2 Å². The van der Waals surface area contributed by atoms with Crippen LogP contribution in [0.4, 0.5) is 5.69 Å². The van der Waals surface area contributed by atoms with Gasteiger partial charge in [0.1, 0.15) is 6.04 Å². The molecule has 2 aromatic carbocycles. The molecule has 0 aliphatic carbocycles. The van der Waals surface area contributed by atoms with Gasteiger partial charge in [0.25, 0.3) is 0 Å². The lowest BCUT2D eigenvalue weighted by molar-refractivity contribution is -0.145. The van der Waals surface area contributed by atoms with Gasteiger partial charge >= 0.3 is 5.97 Å². The van der Waals surface area contributed by atoms with Gasteiger partial charge in [-0.05, 0) is 41.3 Å². The molecule has 3 amide bonds. The fraction of sp³-hybridized carbons (Fsp3) is 0.387. The number of methoxy groups -OCH3 is 1. The monoisotopic (exact) mass is 574 g/mol. The lowest BCUT2D eigenvalue weighted by atomic mass is 10.0. The third kappa shape index (κ3) is 8.50. The molecule has 1 unspecified atom stereocenters. The predicted molar refractivity (Wildman–Crippen MR) is 159 cm³/mol. The Kier molecular flexibility index (Phi) is 10.8. The summed E-state index contributed by atoms with van der Waals surface area (Å²) >= 11 is 0. The van der Waals surface area contributed by atoms with Gasteiger partial charge in [-0.25, -0.2) is 4.79 Å². The van der Waals surface area contributed by atoms with E-state index >= 15 is 0 Å². The Morgan fingerprint density at radius 2 is 1.83 bits per heavy atom. The van der Waals surface area contributed by atoms with Crippen LogP contribution < -0.4 is 16.0 Å². The lowest BCUT2D eigenvalue weighted by Crippen LogP contribution is -2.52. The molecule has 1 aliphatic heterocycles. The van der Waals surface area contributed by atoms with Gasteiger partial charge in [-0.3, -0.25) is 24.3 Å². The summed E-state index contributed by atoms with van der Waals surface area (Å²) in [7, 11) is 1.23. The number of rotatable bonds is 13. The highest BCUT2D eigenvalue weighted by Gasteiger charge is 2.31. The molecule has 0 radical (unpaired) electrons. The number of carbonyl (C=O) groups excluding carboxylic acids is 4. The number of nitrogens with zero attached hydrogens (tertiary/aromatic N) is 3. The average Bonchev–Trinajstić information content (AvgIpc) is 3.46. The molecule has 1 aromatic heterocycles. The second kappa shape index (κ2) is 14.9. The van der Waals surface area contributed by atoms with E-state index in [2.05, 4.69) is 27.0 Å². The van der Waals surface area contributed by atoms with Gasteiger partial charge in [0.15, 0.2) is 0 Å². The van der Waals surface area contributed by atoms with E-state index in [0.717, 1.165) is 34.9 Å². The fourth-order valence-corrected chi connectivity index (χ4v) is 5.28. The van der Waals surface area contributed by atoms with Gasteiger partial charge in [0, 0.05) is 57.2 Å². The summed E-state index contributed by atoms with van der Waals surface area (Å²) in [5.41, 5.74) is 1.88. The van der Waals surface area contributed by atoms with Crippen molar-refractivity contribution in [2.24, 2.45) is 0 Å². The normalized spacial score (nSPS) is 15.3. The highest BCUT2D eigenvalue weighted by atomic mass is 16.5. The van der Waals surface area contributed by atoms with Crippen molar-refractivity contribution in [3.63, 3.8) is 0 Å². The SMILES string of the molecule is COC(=O)[C@H](CNC(C)=O)NC(=O)CN(Cc1cccc2ccccc12)CC1CCCN1C(=O)CNc1ccncc1. The number of carbonyl (C=O) groups is 4. The molecule has 0 spiro atoms. The van der Waals surface area contributed by atoms with E-state index in [-0.39, 0.29) is 43.4 Å². The zero-order valence-corrected chi connectivity index (χ0v) is 24.0. The quantitative estimate of drug-likeness (QED) is 0.264. The second-order valence-electron chi connectivity index (χ2n) is 10.4. The summed E-state index contributed by atoms with van der Waals surface area (Å²) in [6.07, 6.45) is 5.04. The minimum Gasteiger partial charge on any atom is -0.467 e. The Morgan fingerprint density at radius 3 is 2.60 bits per heavy atom. The number of hydrogen-bond donors (Lipinski definition) is 3. The summed E-state index contributed by atoms with van der Waals surface area (Å²) in [5, 5.41) is 10.6. The standard InChI is InChI=1S/C31H38N6O5/c1-22(38)33-17-28(31(41)42-2)35-29(39)21-36(19-24-9-5-8-23-7-3-4-11-27(23)24)20-26-10-6-16-37(26)30(40)18-34-25-12-14-32-15-13-25/h3-5,7-9,11-15,26,28H,6,10,16-21H2,1-2H3,(H,32,34)(H,33,38)(H,35,39)/t26?,28-/m0/s1. The molecule has 1 saturated heterocycles. The van der Waals surface area contributed by atoms with Crippen LogP contribution in [0.3, 0.4) is 0 Å². The van der Waals surface area contributed by atoms with Crippen molar-refractivity contribution in [1.29, 1.82) is 0 Å². The Morgan fingerprint density at radius 1 is 1.07 bits per heavy atom. The van der Waals surface area contributed by atoms with Crippen LogP contribution in [0.15, 0.2) is 67.0 Å². The smallest absolute Gasteiger partial charge is 0.330 e. The third-order valence-electron chi connectivity index (χ3n) is 7.31. The first-order valence-electron chi connectivity index (χ1n) is 14.1. The van der Waals surface area contributed by atoms with E-state index in [1.54, 1.807) is 12.4 Å². The van der Waals surface area contributed by atoms with E-state index < -0.39 is 12.0 Å². The highest BCUT2D eigenvalue weighted by molar-refractivity contribution is 5.87. The molecular weight excluding hydrogens is 536 g/mol. The number of fused-ring (bicyclic) bond motifs is 1. The summed E-state index contributed by atoms with van der Waals surface area (Å²) in [6.45, 7) is 3.01. The molecule has 1 fully saturated rings. The van der Waals surface area contributed by atoms with Crippen molar-refractivity contribution in [1.82, 2.24) is 25.4 Å². The van der Waals surface area contributed by atoms with E-state index in [1.165, 1.54) is 14.0 Å². The van der Waals surface area contributed by atoms with E-state index in [0.29, 0.717) is 19.6 Å². The summed E-state index contributed by atoms with van der Waals surface area (Å²) in [5.74, 6) is -1.36.